The molecule has 1 atom stereocenters. The van der Waals surface area contributed by atoms with Crippen LogP contribution in [0.25, 0.3) is 10.9 Å². The Morgan fingerprint density at radius 2 is 1.91 bits per heavy atom. The normalized spacial score (nSPS) is 18.0. The van der Waals surface area contributed by atoms with E-state index in [1.54, 1.807) is 30.3 Å². The minimum absolute atomic E-state index is 0.000231. The van der Waals surface area contributed by atoms with Gasteiger partial charge in [0.1, 0.15) is 4.90 Å². The van der Waals surface area contributed by atoms with Crippen molar-refractivity contribution in [2.45, 2.75) is 30.4 Å². The van der Waals surface area contributed by atoms with Crippen molar-refractivity contribution in [3.05, 3.63) is 63.4 Å². The smallest absolute Gasteiger partial charge is 0.252 e. The summed E-state index contributed by atoms with van der Waals surface area (Å²) in [6.45, 7) is 0.724. The molecule has 168 valence electrons. The predicted octanol–water partition coefficient (Wildman–Crippen LogP) is 3.28. The van der Waals surface area contributed by atoms with Crippen LogP contribution in [0, 0.1) is 0 Å². The fraction of sp³-hybridized carbons (Fsp3) is 0.318. The summed E-state index contributed by atoms with van der Waals surface area (Å²) in [5.74, 6) is 1.14. The number of fused-ring (bicyclic) bond motifs is 2. The first-order valence-corrected chi connectivity index (χ1v) is 12.1. The number of hydrogen-bond donors (Lipinski definition) is 1. The number of rotatable bonds is 6. The van der Waals surface area contributed by atoms with Crippen LogP contribution in [-0.2, 0) is 21.3 Å². The van der Waals surface area contributed by atoms with Crippen molar-refractivity contribution in [3.8, 4) is 11.5 Å². The van der Waals surface area contributed by atoms with Gasteiger partial charge >= 0.3 is 0 Å². The quantitative estimate of drug-likeness (QED) is 0.586. The number of benzene rings is 2. The van der Waals surface area contributed by atoms with E-state index < -0.39 is 10.0 Å². The van der Waals surface area contributed by atoms with E-state index in [1.165, 1.54) is 16.4 Å². The van der Waals surface area contributed by atoms with Crippen LogP contribution in [0.3, 0.4) is 0 Å². The number of sulfonamides is 1. The fourth-order valence-electron chi connectivity index (χ4n) is 4.00. The van der Waals surface area contributed by atoms with Crippen LogP contribution >= 0.6 is 11.6 Å². The molecule has 3 aromatic rings. The Kier molecular flexibility index (Phi) is 5.58. The molecule has 0 amide bonds. The second-order valence-corrected chi connectivity index (χ2v) is 10.1. The summed E-state index contributed by atoms with van der Waals surface area (Å²) in [4.78, 5) is 15.6. The zero-order valence-corrected chi connectivity index (χ0v) is 18.6. The van der Waals surface area contributed by atoms with Gasteiger partial charge in [0.05, 0.1) is 16.6 Å². The van der Waals surface area contributed by atoms with Gasteiger partial charge < -0.3 is 19.2 Å². The van der Waals surface area contributed by atoms with Crippen molar-refractivity contribution in [1.82, 2.24) is 9.29 Å². The van der Waals surface area contributed by atoms with E-state index in [1.807, 2.05) is 0 Å². The van der Waals surface area contributed by atoms with Gasteiger partial charge in [0.15, 0.2) is 11.5 Å². The first kappa shape index (κ1) is 21.3. The van der Waals surface area contributed by atoms with E-state index in [-0.39, 0.29) is 41.5 Å². The van der Waals surface area contributed by atoms with E-state index >= 15 is 0 Å². The van der Waals surface area contributed by atoms with Gasteiger partial charge in [-0.2, -0.15) is 4.31 Å². The van der Waals surface area contributed by atoms with Gasteiger partial charge in [0, 0.05) is 36.7 Å². The number of aromatic nitrogens is 1. The minimum atomic E-state index is -3.97. The molecule has 1 saturated heterocycles. The molecule has 1 N–H and O–H groups in total. The molecule has 0 saturated carbocycles. The van der Waals surface area contributed by atoms with Crippen LogP contribution in [0.2, 0.25) is 5.02 Å². The molecule has 32 heavy (non-hydrogen) atoms. The van der Waals surface area contributed by atoms with E-state index in [0.717, 1.165) is 18.2 Å². The highest BCUT2D eigenvalue weighted by atomic mass is 35.5. The lowest BCUT2D eigenvalue weighted by Crippen LogP contribution is -2.38. The number of hydrogen-bond acceptors (Lipinski definition) is 6. The van der Waals surface area contributed by atoms with Gasteiger partial charge in [0.2, 0.25) is 16.8 Å². The van der Waals surface area contributed by atoms with Crippen molar-refractivity contribution in [2.75, 3.05) is 19.9 Å². The standard InChI is InChI=1S/C22H21ClN2O6S/c23-17-5-1-2-6-21(17)32(27,28)25(12-16-4-3-7-29-16)11-15-8-14-9-19-20(31-13-30-19)10-18(14)24-22(15)26/h1-2,5-6,8-10,16H,3-4,7,11-13H2,(H,24,26). The highest BCUT2D eigenvalue weighted by Gasteiger charge is 2.31. The monoisotopic (exact) mass is 476 g/mol. The Labute approximate surface area is 189 Å². The third kappa shape index (κ3) is 3.97. The van der Waals surface area contributed by atoms with Crippen LogP contribution < -0.4 is 15.0 Å². The molecule has 0 aliphatic carbocycles. The molecule has 0 bridgehead atoms. The molecule has 1 unspecified atom stereocenters. The lowest BCUT2D eigenvalue weighted by Gasteiger charge is -2.25. The molecule has 8 nitrogen and oxygen atoms in total. The lowest BCUT2D eigenvalue weighted by molar-refractivity contribution is 0.0925. The number of aromatic amines is 1. The first-order valence-electron chi connectivity index (χ1n) is 10.2. The Morgan fingerprint density at radius 1 is 1.12 bits per heavy atom. The Hall–Kier alpha value is -2.59. The Morgan fingerprint density at radius 3 is 2.66 bits per heavy atom. The third-order valence-electron chi connectivity index (χ3n) is 5.65. The molecule has 2 aromatic carbocycles. The average molecular weight is 477 g/mol. The molecule has 10 heteroatoms. The van der Waals surface area contributed by atoms with Crippen molar-refractivity contribution in [1.29, 1.82) is 0 Å². The summed E-state index contributed by atoms with van der Waals surface area (Å²) < 4.78 is 44.8. The van der Waals surface area contributed by atoms with Gasteiger partial charge in [-0.1, -0.05) is 23.7 Å². The van der Waals surface area contributed by atoms with Crippen LogP contribution in [-0.4, -0.2) is 43.8 Å². The maximum Gasteiger partial charge on any atom is 0.252 e. The summed E-state index contributed by atoms with van der Waals surface area (Å²) in [6.07, 6.45) is 1.39. The SMILES string of the molecule is O=c1[nH]c2cc3c(cc2cc1CN(CC1CCCO1)S(=O)(=O)c1ccccc1Cl)OCO3. The number of nitrogens with zero attached hydrogens (tertiary/aromatic N) is 1. The highest BCUT2D eigenvalue weighted by Crippen LogP contribution is 2.35. The number of pyridine rings is 1. The van der Waals surface area contributed by atoms with Crippen LogP contribution in [0.15, 0.2) is 52.2 Å². The van der Waals surface area contributed by atoms with Gasteiger partial charge in [-0.05, 0) is 37.1 Å². The maximum absolute atomic E-state index is 13.5. The summed E-state index contributed by atoms with van der Waals surface area (Å²) in [5, 5.41) is 0.848. The highest BCUT2D eigenvalue weighted by molar-refractivity contribution is 7.89. The molecule has 1 fully saturated rings. The lowest BCUT2D eigenvalue weighted by atomic mass is 10.1. The van der Waals surface area contributed by atoms with Crippen LogP contribution in [0.5, 0.6) is 11.5 Å². The van der Waals surface area contributed by atoms with Gasteiger partial charge in [-0.3, -0.25) is 4.79 Å². The van der Waals surface area contributed by atoms with E-state index in [9.17, 15) is 13.2 Å². The van der Waals surface area contributed by atoms with E-state index in [0.29, 0.717) is 29.2 Å². The maximum atomic E-state index is 13.5. The van der Waals surface area contributed by atoms with Gasteiger partial charge in [-0.25, -0.2) is 8.42 Å². The molecule has 1 aromatic heterocycles. The van der Waals surface area contributed by atoms with Crippen molar-refractivity contribution >= 4 is 32.5 Å². The average Bonchev–Trinajstić information content (AvgIpc) is 3.44. The third-order valence-corrected chi connectivity index (χ3v) is 7.96. The van der Waals surface area contributed by atoms with Gasteiger partial charge in [0.25, 0.3) is 5.56 Å². The number of halogens is 1. The molecular formula is C22H21ClN2O6S. The summed E-state index contributed by atoms with van der Waals surface area (Å²) in [5.41, 5.74) is 0.524. The molecule has 3 heterocycles. The molecule has 2 aliphatic rings. The zero-order chi connectivity index (χ0) is 22.3. The largest absolute Gasteiger partial charge is 0.454 e. The molecular weight excluding hydrogens is 456 g/mol. The van der Waals surface area contributed by atoms with E-state index in [4.69, 9.17) is 25.8 Å². The minimum Gasteiger partial charge on any atom is -0.454 e. The Bertz CT molecular complexity index is 1330. The second-order valence-electron chi connectivity index (χ2n) is 7.78. The molecule has 2 aliphatic heterocycles. The number of H-pyrrole nitrogens is 1. The number of nitrogens with one attached hydrogen (secondary N) is 1. The predicted molar refractivity (Wildman–Crippen MR) is 119 cm³/mol. The topological polar surface area (TPSA) is 97.9 Å². The summed E-state index contributed by atoms with van der Waals surface area (Å²) in [6, 6.07) is 11.4. The van der Waals surface area contributed by atoms with E-state index in [2.05, 4.69) is 4.98 Å². The molecule has 0 radical (unpaired) electrons. The van der Waals surface area contributed by atoms with Crippen molar-refractivity contribution in [2.24, 2.45) is 0 Å². The first-order chi connectivity index (χ1) is 15.4. The van der Waals surface area contributed by atoms with Crippen molar-refractivity contribution in [3.63, 3.8) is 0 Å². The molecule has 5 rings (SSSR count). The van der Waals surface area contributed by atoms with Crippen LogP contribution in [0.4, 0.5) is 0 Å². The summed E-state index contributed by atoms with van der Waals surface area (Å²) in [7, 11) is -3.97. The fourth-order valence-corrected chi connectivity index (χ4v) is 5.95. The summed E-state index contributed by atoms with van der Waals surface area (Å²) >= 11 is 6.21. The molecule has 0 spiro atoms. The Balaban J connectivity index is 1.54. The van der Waals surface area contributed by atoms with Crippen molar-refractivity contribution < 1.29 is 22.6 Å². The number of ether oxygens (including phenoxy) is 3. The zero-order valence-electron chi connectivity index (χ0n) is 17.0. The second kappa shape index (κ2) is 8.40. The van der Waals surface area contributed by atoms with Gasteiger partial charge in [-0.15, -0.1) is 0 Å². The van der Waals surface area contributed by atoms with Crippen LogP contribution in [0.1, 0.15) is 18.4 Å².